The maximum atomic E-state index is 11.4. The van der Waals surface area contributed by atoms with Gasteiger partial charge in [0, 0.05) is 6.54 Å². The standard InChI is InChI=1S/C14H19NO5/c1-14(2,3)20-13(17)15-9-5-6-10-7-8-11(19-10)12(16)18-4/h5-8H,9H2,1-4H3,(H,15,17). The number of alkyl carbamates (subject to hydrolysis) is 1. The first-order chi connectivity index (χ1) is 9.31. The van der Waals surface area contributed by atoms with Crippen LogP contribution in [0, 0.1) is 0 Å². The molecule has 6 nitrogen and oxygen atoms in total. The van der Waals surface area contributed by atoms with Crippen LogP contribution in [0.2, 0.25) is 0 Å². The third-order valence-electron chi connectivity index (χ3n) is 2.06. The number of rotatable bonds is 4. The van der Waals surface area contributed by atoms with Crippen LogP contribution in [0.25, 0.3) is 6.08 Å². The molecule has 20 heavy (non-hydrogen) atoms. The Bertz CT molecular complexity index is 496. The molecule has 1 N–H and O–H groups in total. The molecule has 0 aliphatic carbocycles. The lowest BCUT2D eigenvalue weighted by Gasteiger charge is -2.19. The third-order valence-corrected chi connectivity index (χ3v) is 2.06. The van der Waals surface area contributed by atoms with Gasteiger partial charge < -0.3 is 19.2 Å². The molecule has 0 fully saturated rings. The highest BCUT2D eigenvalue weighted by Gasteiger charge is 2.15. The minimum Gasteiger partial charge on any atom is -0.463 e. The highest BCUT2D eigenvalue weighted by Crippen LogP contribution is 2.10. The Morgan fingerprint density at radius 1 is 1.35 bits per heavy atom. The summed E-state index contributed by atoms with van der Waals surface area (Å²) in [6.07, 6.45) is 2.84. The first-order valence-corrected chi connectivity index (χ1v) is 6.13. The van der Waals surface area contributed by atoms with E-state index in [-0.39, 0.29) is 5.76 Å². The number of esters is 1. The van der Waals surface area contributed by atoms with Gasteiger partial charge in [0.15, 0.2) is 0 Å². The number of ether oxygens (including phenoxy) is 2. The molecule has 0 saturated heterocycles. The van der Waals surface area contributed by atoms with E-state index in [9.17, 15) is 9.59 Å². The third kappa shape index (κ3) is 5.60. The van der Waals surface area contributed by atoms with Gasteiger partial charge in [-0.25, -0.2) is 9.59 Å². The zero-order chi connectivity index (χ0) is 15.2. The molecule has 1 rings (SSSR count). The lowest BCUT2D eigenvalue weighted by Crippen LogP contribution is -2.32. The van der Waals surface area contributed by atoms with Gasteiger partial charge in [0.2, 0.25) is 5.76 Å². The van der Waals surface area contributed by atoms with E-state index < -0.39 is 17.7 Å². The average Bonchev–Trinajstić information content (AvgIpc) is 2.80. The molecule has 0 aliphatic rings. The number of carbonyl (C=O) groups is 2. The Hall–Kier alpha value is -2.24. The number of hydrogen-bond acceptors (Lipinski definition) is 5. The monoisotopic (exact) mass is 281 g/mol. The molecule has 1 aromatic heterocycles. The second-order valence-corrected chi connectivity index (χ2v) is 4.98. The molecule has 0 spiro atoms. The van der Waals surface area contributed by atoms with Gasteiger partial charge in [-0.05, 0) is 39.0 Å². The number of carbonyl (C=O) groups excluding carboxylic acids is 2. The van der Waals surface area contributed by atoms with Crippen LogP contribution in [-0.4, -0.2) is 31.3 Å². The largest absolute Gasteiger partial charge is 0.463 e. The maximum Gasteiger partial charge on any atom is 0.407 e. The van der Waals surface area contributed by atoms with Gasteiger partial charge in [-0.2, -0.15) is 0 Å². The Morgan fingerprint density at radius 2 is 2.05 bits per heavy atom. The first-order valence-electron chi connectivity index (χ1n) is 6.13. The fourth-order valence-corrected chi connectivity index (χ4v) is 1.28. The zero-order valence-corrected chi connectivity index (χ0v) is 12.1. The predicted octanol–water partition coefficient (Wildman–Crippen LogP) is 2.60. The summed E-state index contributed by atoms with van der Waals surface area (Å²) in [5.41, 5.74) is -0.524. The SMILES string of the molecule is COC(=O)c1ccc(C=CCNC(=O)OC(C)(C)C)o1. The van der Waals surface area contributed by atoms with Crippen molar-refractivity contribution < 1.29 is 23.5 Å². The summed E-state index contributed by atoms with van der Waals surface area (Å²) in [6.45, 7) is 5.67. The van der Waals surface area contributed by atoms with Crippen LogP contribution < -0.4 is 5.32 Å². The van der Waals surface area contributed by atoms with Gasteiger partial charge in [-0.1, -0.05) is 6.08 Å². The lowest BCUT2D eigenvalue weighted by molar-refractivity contribution is 0.0531. The van der Waals surface area contributed by atoms with E-state index >= 15 is 0 Å². The summed E-state index contributed by atoms with van der Waals surface area (Å²) in [4.78, 5) is 22.5. The van der Waals surface area contributed by atoms with Crippen molar-refractivity contribution in [1.82, 2.24) is 5.32 Å². The average molecular weight is 281 g/mol. The summed E-state index contributed by atoms with van der Waals surface area (Å²) in [5.74, 6) is 0.0974. The second kappa shape index (κ2) is 6.79. The Labute approximate surface area is 117 Å². The topological polar surface area (TPSA) is 77.8 Å². The summed E-state index contributed by atoms with van der Waals surface area (Å²) in [7, 11) is 1.28. The van der Waals surface area contributed by atoms with Crippen molar-refractivity contribution in [3.63, 3.8) is 0 Å². The number of nitrogens with one attached hydrogen (secondary N) is 1. The summed E-state index contributed by atoms with van der Waals surface area (Å²) < 4.78 is 14.8. The van der Waals surface area contributed by atoms with Crippen LogP contribution in [0.1, 0.15) is 37.1 Å². The molecule has 6 heteroatoms. The van der Waals surface area contributed by atoms with Crippen LogP contribution in [0.5, 0.6) is 0 Å². The molecular weight excluding hydrogens is 262 g/mol. The summed E-state index contributed by atoms with van der Waals surface area (Å²) in [6, 6.07) is 3.16. The van der Waals surface area contributed by atoms with E-state index in [2.05, 4.69) is 10.1 Å². The molecular formula is C14H19NO5. The van der Waals surface area contributed by atoms with Gasteiger partial charge in [0.25, 0.3) is 0 Å². The number of amides is 1. The van der Waals surface area contributed by atoms with E-state index in [4.69, 9.17) is 9.15 Å². The van der Waals surface area contributed by atoms with Crippen molar-refractivity contribution >= 4 is 18.1 Å². The fraction of sp³-hybridized carbons (Fsp3) is 0.429. The summed E-state index contributed by atoms with van der Waals surface area (Å²) in [5, 5.41) is 2.57. The first kappa shape index (κ1) is 15.8. The molecule has 0 aromatic carbocycles. The van der Waals surface area contributed by atoms with E-state index in [0.29, 0.717) is 12.3 Å². The van der Waals surface area contributed by atoms with Gasteiger partial charge in [-0.15, -0.1) is 0 Å². The molecule has 0 atom stereocenters. The molecule has 0 bridgehead atoms. The molecule has 110 valence electrons. The smallest absolute Gasteiger partial charge is 0.407 e. The maximum absolute atomic E-state index is 11.4. The van der Waals surface area contributed by atoms with E-state index in [0.717, 1.165) is 0 Å². The van der Waals surface area contributed by atoms with Gasteiger partial charge >= 0.3 is 12.1 Å². The second-order valence-electron chi connectivity index (χ2n) is 4.98. The minimum absolute atomic E-state index is 0.132. The number of hydrogen-bond donors (Lipinski definition) is 1. The zero-order valence-electron chi connectivity index (χ0n) is 12.1. The van der Waals surface area contributed by atoms with Crippen LogP contribution in [0.15, 0.2) is 22.6 Å². The molecule has 0 saturated carbocycles. The van der Waals surface area contributed by atoms with Crippen LogP contribution in [0.3, 0.4) is 0 Å². The Morgan fingerprint density at radius 3 is 2.65 bits per heavy atom. The van der Waals surface area contributed by atoms with Gasteiger partial charge in [-0.3, -0.25) is 0 Å². The van der Waals surface area contributed by atoms with Crippen LogP contribution in [0.4, 0.5) is 4.79 Å². The molecule has 0 aliphatic heterocycles. The lowest BCUT2D eigenvalue weighted by atomic mass is 10.2. The van der Waals surface area contributed by atoms with Gasteiger partial charge in [0.05, 0.1) is 7.11 Å². The quantitative estimate of drug-likeness (QED) is 0.858. The van der Waals surface area contributed by atoms with E-state index in [1.807, 2.05) is 0 Å². The fourth-order valence-electron chi connectivity index (χ4n) is 1.28. The van der Waals surface area contributed by atoms with Crippen LogP contribution in [-0.2, 0) is 9.47 Å². The van der Waals surface area contributed by atoms with Gasteiger partial charge in [0.1, 0.15) is 11.4 Å². The molecule has 0 radical (unpaired) electrons. The minimum atomic E-state index is -0.531. The van der Waals surface area contributed by atoms with Crippen molar-refractivity contribution in [2.75, 3.05) is 13.7 Å². The Balaban J connectivity index is 2.40. The molecule has 1 aromatic rings. The normalized spacial score (nSPS) is 11.4. The highest BCUT2D eigenvalue weighted by molar-refractivity contribution is 5.86. The Kier molecular flexibility index (Phi) is 5.37. The van der Waals surface area contributed by atoms with Crippen LogP contribution >= 0.6 is 0 Å². The highest BCUT2D eigenvalue weighted by atomic mass is 16.6. The van der Waals surface area contributed by atoms with Crippen molar-refractivity contribution in [2.24, 2.45) is 0 Å². The number of methoxy groups -OCH3 is 1. The van der Waals surface area contributed by atoms with Crippen molar-refractivity contribution in [2.45, 2.75) is 26.4 Å². The van der Waals surface area contributed by atoms with E-state index in [1.165, 1.54) is 13.2 Å². The molecule has 1 heterocycles. The van der Waals surface area contributed by atoms with Crippen molar-refractivity contribution in [1.29, 1.82) is 0 Å². The predicted molar refractivity (Wildman–Crippen MR) is 73.3 cm³/mol. The molecule has 0 unspecified atom stereocenters. The van der Waals surface area contributed by atoms with Crippen molar-refractivity contribution in [3.8, 4) is 0 Å². The molecule has 1 amide bonds. The number of furan rings is 1. The van der Waals surface area contributed by atoms with E-state index in [1.54, 1.807) is 39.0 Å². The van der Waals surface area contributed by atoms with Crippen molar-refractivity contribution in [3.05, 3.63) is 29.7 Å². The summed E-state index contributed by atoms with van der Waals surface area (Å²) >= 11 is 0.